The van der Waals surface area contributed by atoms with Crippen LogP contribution in [0.2, 0.25) is 5.02 Å². The first-order valence-electron chi connectivity index (χ1n) is 4.38. The summed E-state index contributed by atoms with van der Waals surface area (Å²) < 4.78 is 4.93. The molecule has 0 saturated heterocycles. The van der Waals surface area contributed by atoms with Gasteiger partial charge in [-0.15, -0.1) is 0 Å². The SMILES string of the molecule is CCCOC(=O)c1cccc(N)c1Cl. The quantitative estimate of drug-likeness (QED) is 0.620. The molecule has 0 saturated carbocycles. The molecule has 0 unspecified atom stereocenters. The number of ether oxygens (including phenoxy) is 1. The Morgan fingerprint density at radius 3 is 2.93 bits per heavy atom. The molecule has 0 heterocycles. The third-order valence-electron chi connectivity index (χ3n) is 1.69. The minimum Gasteiger partial charge on any atom is -0.462 e. The second-order valence-electron chi connectivity index (χ2n) is 2.84. The number of nitrogen functional groups attached to an aromatic ring is 1. The lowest BCUT2D eigenvalue weighted by atomic mass is 10.2. The monoisotopic (exact) mass is 213 g/mol. The van der Waals surface area contributed by atoms with Gasteiger partial charge in [0, 0.05) is 0 Å². The van der Waals surface area contributed by atoms with Gasteiger partial charge in [-0.25, -0.2) is 4.79 Å². The van der Waals surface area contributed by atoms with Crippen LogP contribution in [0.5, 0.6) is 0 Å². The van der Waals surface area contributed by atoms with Crippen LogP contribution in [0.3, 0.4) is 0 Å². The van der Waals surface area contributed by atoms with E-state index in [0.29, 0.717) is 17.9 Å². The fraction of sp³-hybridized carbons (Fsp3) is 0.300. The maximum absolute atomic E-state index is 11.4. The second-order valence-corrected chi connectivity index (χ2v) is 3.22. The number of hydrogen-bond donors (Lipinski definition) is 1. The topological polar surface area (TPSA) is 52.3 Å². The van der Waals surface area contributed by atoms with Crippen LogP contribution in [0, 0.1) is 0 Å². The maximum Gasteiger partial charge on any atom is 0.339 e. The van der Waals surface area contributed by atoms with Crippen LogP contribution in [0.25, 0.3) is 0 Å². The third-order valence-corrected chi connectivity index (χ3v) is 2.11. The summed E-state index contributed by atoms with van der Waals surface area (Å²) in [5, 5.41) is 0.258. The number of nitrogens with two attached hydrogens (primary N) is 1. The Kier molecular flexibility index (Phi) is 3.77. The van der Waals surface area contributed by atoms with Gasteiger partial charge in [-0.3, -0.25) is 0 Å². The first-order chi connectivity index (χ1) is 6.66. The highest BCUT2D eigenvalue weighted by atomic mass is 35.5. The molecule has 4 heteroatoms. The smallest absolute Gasteiger partial charge is 0.339 e. The molecular weight excluding hydrogens is 202 g/mol. The standard InChI is InChI=1S/C10H12ClNO2/c1-2-6-14-10(13)7-4-3-5-8(12)9(7)11/h3-5H,2,6,12H2,1H3. The highest BCUT2D eigenvalue weighted by molar-refractivity contribution is 6.36. The van der Waals surface area contributed by atoms with E-state index in [1.807, 2.05) is 6.92 Å². The van der Waals surface area contributed by atoms with Gasteiger partial charge in [0.2, 0.25) is 0 Å². The molecular formula is C10H12ClNO2. The molecule has 0 fully saturated rings. The fourth-order valence-corrected chi connectivity index (χ4v) is 1.18. The van der Waals surface area contributed by atoms with E-state index in [9.17, 15) is 4.79 Å². The number of halogens is 1. The summed E-state index contributed by atoms with van der Waals surface area (Å²) in [5.74, 6) is -0.427. The first-order valence-corrected chi connectivity index (χ1v) is 4.75. The summed E-state index contributed by atoms with van der Waals surface area (Å²) in [5.41, 5.74) is 6.25. The van der Waals surface area contributed by atoms with E-state index >= 15 is 0 Å². The van der Waals surface area contributed by atoms with Crippen molar-refractivity contribution >= 4 is 23.3 Å². The molecule has 0 radical (unpaired) electrons. The van der Waals surface area contributed by atoms with E-state index in [0.717, 1.165) is 6.42 Å². The molecule has 0 aliphatic rings. The Morgan fingerprint density at radius 1 is 1.57 bits per heavy atom. The van der Waals surface area contributed by atoms with Crippen molar-refractivity contribution < 1.29 is 9.53 Å². The summed E-state index contributed by atoms with van der Waals surface area (Å²) in [7, 11) is 0. The molecule has 1 aromatic rings. The van der Waals surface area contributed by atoms with Crippen molar-refractivity contribution in [2.24, 2.45) is 0 Å². The molecule has 0 atom stereocenters. The summed E-state index contributed by atoms with van der Waals surface area (Å²) in [4.78, 5) is 11.4. The number of hydrogen-bond acceptors (Lipinski definition) is 3. The third kappa shape index (κ3) is 2.39. The zero-order valence-corrected chi connectivity index (χ0v) is 8.67. The van der Waals surface area contributed by atoms with Gasteiger partial charge < -0.3 is 10.5 Å². The van der Waals surface area contributed by atoms with Crippen molar-refractivity contribution in [1.82, 2.24) is 0 Å². The Bertz CT molecular complexity index is 339. The van der Waals surface area contributed by atoms with Crippen LogP contribution in [0.4, 0.5) is 5.69 Å². The van der Waals surface area contributed by atoms with Crippen LogP contribution in [0.15, 0.2) is 18.2 Å². The van der Waals surface area contributed by atoms with Crippen LogP contribution in [0.1, 0.15) is 23.7 Å². The molecule has 1 rings (SSSR count). The maximum atomic E-state index is 11.4. The van der Waals surface area contributed by atoms with Gasteiger partial charge in [0.15, 0.2) is 0 Å². The van der Waals surface area contributed by atoms with E-state index in [1.165, 1.54) is 0 Å². The number of esters is 1. The average Bonchev–Trinajstić information content (AvgIpc) is 2.18. The van der Waals surface area contributed by atoms with Crippen LogP contribution in [-0.2, 0) is 4.74 Å². The molecule has 0 aliphatic carbocycles. The molecule has 3 nitrogen and oxygen atoms in total. The van der Waals surface area contributed by atoms with Gasteiger partial charge in [0.25, 0.3) is 0 Å². The molecule has 2 N–H and O–H groups in total. The number of anilines is 1. The van der Waals surface area contributed by atoms with E-state index in [4.69, 9.17) is 22.1 Å². The van der Waals surface area contributed by atoms with Crippen molar-refractivity contribution in [3.05, 3.63) is 28.8 Å². The number of carbonyl (C=O) groups excluding carboxylic acids is 1. The van der Waals surface area contributed by atoms with Gasteiger partial charge in [-0.1, -0.05) is 24.6 Å². The predicted octanol–water partition coefficient (Wildman–Crippen LogP) is 2.49. The average molecular weight is 214 g/mol. The number of benzene rings is 1. The molecule has 1 aromatic carbocycles. The summed E-state index contributed by atoms with van der Waals surface area (Å²) in [6.07, 6.45) is 0.783. The molecule has 0 aromatic heterocycles. The summed E-state index contributed by atoms with van der Waals surface area (Å²) >= 11 is 5.84. The van der Waals surface area contributed by atoms with Crippen LogP contribution >= 0.6 is 11.6 Å². The van der Waals surface area contributed by atoms with Crippen molar-refractivity contribution in [1.29, 1.82) is 0 Å². The molecule has 0 aliphatic heterocycles. The Balaban J connectivity index is 2.84. The molecule has 0 spiro atoms. The van der Waals surface area contributed by atoms with Gasteiger partial charge in [0.1, 0.15) is 0 Å². The second kappa shape index (κ2) is 4.86. The molecule has 0 amide bonds. The van der Waals surface area contributed by atoms with Gasteiger partial charge in [-0.05, 0) is 18.6 Å². The number of carbonyl (C=O) groups is 1. The molecule has 0 bridgehead atoms. The Hall–Kier alpha value is -1.22. The number of rotatable bonds is 3. The highest BCUT2D eigenvalue weighted by Crippen LogP contribution is 2.23. The van der Waals surface area contributed by atoms with E-state index in [-0.39, 0.29) is 5.02 Å². The van der Waals surface area contributed by atoms with Crippen molar-refractivity contribution in [3.63, 3.8) is 0 Å². The van der Waals surface area contributed by atoms with Crippen molar-refractivity contribution in [2.75, 3.05) is 12.3 Å². The lowest BCUT2D eigenvalue weighted by Gasteiger charge is -2.06. The van der Waals surface area contributed by atoms with Crippen molar-refractivity contribution in [3.8, 4) is 0 Å². The summed E-state index contributed by atoms with van der Waals surface area (Å²) in [6.45, 7) is 2.32. The Morgan fingerprint density at radius 2 is 2.29 bits per heavy atom. The van der Waals surface area contributed by atoms with Gasteiger partial charge in [0.05, 0.1) is 22.9 Å². The van der Waals surface area contributed by atoms with E-state index in [2.05, 4.69) is 0 Å². The van der Waals surface area contributed by atoms with Crippen LogP contribution < -0.4 is 5.73 Å². The van der Waals surface area contributed by atoms with E-state index in [1.54, 1.807) is 18.2 Å². The zero-order valence-electron chi connectivity index (χ0n) is 7.92. The van der Waals surface area contributed by atoms with Gasteiger partial charge >= 0.3 is 5.97 Å². The van der Waals surface area contributed by atoms with E-state index < -0.39 is 5.97 Å². The fourth-order valence-electron chi connectivity index (χ4n) is 0.980. The first kappa shape index (κ1) is 10.9. The molecule has 14 heavy (non-hydrogen) atoms. The summed E-state index contributed by atoms with van der Waals surface area (Å²) in [6, 6.07) is 4.90. The Labute approximate surface area is 87.8 Å². The zero-order chi connectivity index (χ0) is 10.6. The normalized spacial score (nSPS) is 9.86. The van der Waals surface area contributed by atoms with Crippen molar-refractivity contribution in [2.45, 2.75) is 13.3 Å². The minimum absolute atomic E-state index is 0.258. The van der Waals surface area contributed by atoms with Crippen LogP contribution in [-0.4, -0.2) is 12.6 Å². The highest BCUT2D eigenvalue weighted by Gasteiger charge is 2.12. The predicted molar refractivity (Wildman–Crippen MR) is 56.4 cm³/mol. The lowest BCUT2D eigenvalue weighted by Crippen LogP contribution is -2.07. The lowest BCUT2D eigenvalue weighted by molar-refractivity contribution is 0.0505. The minimum atomic E-state index is -0.427. The molecule has 76 valence electrons. The van der Waals surface area contributed by atoms with Gasteiger partial charge in [-0.2, -0.15) is 0 Å². The largest absolute Gasteiger partial charge is 0.462 e.